The molecule has 1 unspecified atom stereocenters. The minimum Gasteiger partial charge on any atom is -0.465 e. The molecule has 0 aliphatic carbocycles. The van der Waals surface area contributed by atoms with E-state index in [1.54, 1.807) is 46.0 Å². The molecule has 13 amide bonds. The summed E-state index contributed by atoms with van der Waals surface area (Å²) in [4.78, 5) is 188. The number of unbranched alkanes of at least 4 members (excludes halogenated alkanes) is 5. The van der Waals surface area contributed by atoms with Crippen molar-refractivity contribution < 1.29 is 72.2 Å². The molecule has 102 heavy (non-hydrogen) atoms. The van der Waals surface area contributed by atoms with E-state index in [0.717, 1.165) is 43.4 Å². The van der Waals surface area contributed by atoms with Crippen molar-refractivity contribution in [3.63, 3.8) is 0 Å². The zero-order valence-corrected chi connectivity index (χ0v) is 66.3. The predicted octanol–water partition coefficient (Wildman–Crippen LogP) is 6.24. The summed E-state index contributed by atoms with van der Waals surface area (Å²) < 4.78 is 4.77. The third-order valence-electron chi connectivity index (χ3n) is 18.2. The summed E-state index contributed by atoms with van der Waals surface area (Å²) in [5, 5.41) is 26.0. The standard InChI is InChI=1S/C74H128N12O15S/c1-23-55(79-66(92)58(81(16)61(88)41-48(8)9)42-50(12)32-27-25-24-26-28-35-76-64(90)53-33-31-34-54(43-53)73(99)101-22)69(95)85(20)60(44-102-37-30-29-36-87)71(97)82(17)57(39-46(4)5)67(93)80-62(49(10)11)72(98)83(18)56(38-45(2)3)65(91)77-51(13)63(89)78-52(14)68(94)84(19)59(40-47(6)7)70(96)86(21)74(100)75-15/h31,33-34,43,45-52,55-60,62,87H,23-30,32,35-42,44H2,1-22H3,(H,75,100)(H,76,90)(H,77,91)(H,78,89)(H,79,92)(H,80,93)/t50-,51-,52+,55+,56+,57+,58?,59+,60-,62+/m1/s1. The van der Waals surface area contributed by atoms with Crippen LogP contribution in [0.5, 0.6) is 0 Å². The van der Waals surface area contributed by atoms with Crippen LogP contribution in [0.1, 0.15) is 208 Å². The normalized spacial score (nSPS) is 14.4. The Hall–Kier alpha value is -7.36. The van der Waals surface area contributed by atoms with Crippen LogP contribution in [-0.2, 0) is 52.7 Å². The number of amides is 13. The van der Waals surface area contributed by atoms with Gasteiger partial charge in [-0.3, -0.25) is 57.6 Å². The monoisotopic (exact) mass is 1460 g/mol. The van der Waals surface area contributed by atoms with Crippen LogP contribution in [0.25, 0.3) is 0 Å². The first-order valence-electron chi connectivity index (χ1n) is 36.4. The number of carbonyl (C=O) groups excluding carboxylic acids is 13. The average Bonchev–Trinajstić information content (AvgIpc) is 0.824. The second kappa shape index (κ2) is 47.1. The summed E-state index contributed by atoms with van der Waals surface area (Å²) in [7, 11) is 11.4. The summed E-state index contributed by atoms with van der Waals surface area (Å²) in [6.45, 7) is 25.5. The number of thioether (sulfide) groups is 1. The molecule has 0 spiro atoms. The number of urea groups is 1. The Morgan fingerprint density at radius 1 is 0.510 bits per heavy atom. The highest BCUT2D eigenvalue weighted by molar-refractivity contribution is 7.99. The first-order valence-corrected chi connectivity index (χ1v) is 37.6. The maximum atomic E-state index is 15.2. The summed E-state index contributed by atoms with van der Waals surface area (Å²) >= 11 is 1.39. The number of imide groups is 1. The third kappa shape index (κ3) is 30.9. The lowest BCUT2D eigenvalue weighted by Crippen LogP contribution is -2.62. The lowest BCUT2D eigenvalue weighted by Gasteiger charge is -2.38. The topological polar surface area (TPSA) is 343 Å². The van der Waals surface area contributed by atoms with Gasteiger partial charge in [0.05, 0.1) is 12.7 Å². The van der Waals surface area contributed by atoms with Crippen LogP contribution >= 0.6 is 11.8 Å². The van der Waals surface area contributed by atoms with E-state index in [2.05, 4.69) is 31.9 Å². The highest BCUT2D eigenvalue weighted by Crippen LogP contribution is 2.24. The number of aliphatic hydroxyl groups is 1. The molecule has 0 aliphatic rings. The maximum Gasteiger partial charge on any atom is 0.337 e. The fraction of sp³-hybridized carbons (Fsp3) is 0.743. The molecule has 1 rings (SSSR count). The van der Waals surface area contributed by atoms with E-state index < -0.39 is 125 Å². The molecule has 0 heterocycles. The number of esters is 1. The molecule has 1 aromatic rings. The van der Waals surface area contributed by atoms with Crippen LogP contribution in [-0.4, -0.2) is 247 Å². The molecule has 0 bridgehead atoms. The number of ether oxygens (including phenoxy) is 1. The molecule has 0 radical (unpaired) electrons. The second-order valence-corrected chi connectivity index (χ2v) is 30.4. The van der Waals surface area contributed by atoms with Crippen molar-refractivity contribution in [2.75, 3.05) is 81.1 Å². The first kappa shape index (κ1) is 92.7. The van der Waals surface area contributed by atoms with Gasteiger partial charge in [0.15, 0.2) is 0 Å². The van der Waals surface area contributed by atoms with E-state index >= 15 is 4.79 Å². The van der Waals surface area contributed by atoms with Gasteiger partial charge < -0.3 is 66.2 Å². The molecule has 7 N–H and O–H groups in total. The van der Waals surface area contributed by atoms with Crippen molar-refractivity contribution in [2.45, 2.75) is 241 Å². The van der Waals surface area contributed by atoms with E-state index in [9.17, 15) is 62.6 Å². The minimum atomic E-state index is -1.23. The lowest BCUT2D eigenvalue weighted by atomic mass is 9.93. The van der Waals surface area contributed by atoms with Gasteiger partial charge in [-0.25, -0.2) is 9.59 Å². The Morgan fingerprint density at radius 2 is 1.01 bits per heavy atom. The SMILES string of the molecule is CC[C@H](NC(=O)C(C[C@H](C)CCCCCCCNC(=O)c1cccc(C(=O)OC)c1)N(C)C(=O)CC(C)C)C(=O)N(C)[C@H](CSCCCCO)C(=O)N(C)[C@@H](CC(C)C)C(=O)N[C@H](C(=O)N(C)[C@@H](CC(C)C)C(=O)N[C@H](C)C(=O)N[C@@H](C)C(=O)N(C)[C@@H](CC(C)C)C(=O)N(C)C(=O)NC)C(C)C. The molecule has 0 saturated heterocycles. The Bertz CT molecular complexity index is 2900. The van der Waals surface area contributed by atoms with Crippen LogP contribution in [0.15, 0.2) is 24.3 Å². The van der Waals surface area contributed by atoms with Crippen molar-refractivity contribution in [1.82, 2.24) is 61.3 Å². The fourth-order valence-electron chi connectivity index (χ4n) is 11.7. The average molecular weight is 1460 g/mol. The van der Waals surface area contributed by atoms with Gasteiger partial charge >= 0.3 is 12.0 Å². The van der Waals surface area contributed by atoms with Crippen LogP contribution in [0.2, 0.25) is 0 Å². The van der Waals surface area contributed by atoms with Gasteiger partial charge in [0.2, 0.25) is 53.2 Å². The Kier molecular flexibility index (Phi) is 42.8. The van der Waals surface area contributed by atoms with Crippen LogP contribution in [0.4, 0.5) is 4.79 Å². The van der Waals surface area contributed by atoms with Crippen molar-refractivity contribution in [1.29, 1.82) is 0 Å². The Labute approximate surface area is 612 Å². The van der Waals surface area contributed by atoms with Crippen molar-refractivity contribution >= 4 is 88.7 Å². The Balaban J connectivity index is 3.46. The molecule has 0 aromatic heterocycles. The molecule has 580 valence electrons. The molecule has 10 atom stereocenters. The number of benzene rings is 1. The van der Waals surface area contributed by atoms with Crippen molar-refractivity contribution in [3.8, 4) is 0 Å². The van der Waals surface area contributed by atoms with E-state index in [1.807, 2.05) is 62.3 Å². The molecular weight excluding hydrogens is 1330 g/mol. The van der Waals surface area contributed by atoms with Crippen LogP contribution < -0.4 is 31.9 Å². The number of likely N-dealkylation sites (N-methyl/N-ethyl adjacent to an activating group) is 6. The van der Waals surface area contributed by atoms with E-state index in [0.29, 0.717) is 42.7 Å². The molecule has 28 heteroatoms. The van der Waals surface area contributed by atoms with E-state index in [-0.39, 0.29) is 85.9 Å². The van der Waals surface area contributed by atoms with Crippen molar-refractivity contribution in [2.24, 2.45) is 35.5 Å². The quantitative estimate of drug-likeness (QED) is 0.0281. The van der Waals surface area contributed by atoms with Gasteiger partial charge in [0.1, 0.15) is 54.4 Å². The van der Waals surface area contributed by atoms with Crippen LogP contribution in [0.3, 0.4) is 0 Å². The molecular formula is C74H128N12O15S. The summed E-state index contributed by atoms with van der Waals surface area (Å²) in [6.07, 6.45) is 7.33. The lowest BCUT2D eigenvalue weighted by molar-refractivity contribution is -0.149. The van der Waals surface area contributed by atoms with E-state index in [4.69, 9.17) is 4.74 Å². The highest BCUT2D eigenvalue weighted by Gasteiger charge is 2.42. The molecule has 1 aromatic carbocycles. The molecule has 0 saturated carbocycles. The predicted molar refractivity (Wildman–Crippen MR) is 397 cm³/mol. The third-order valence-corrected chi connectivity index (χ3v) is 19.3. The minimum absolute atomic E-state index is 0.00302. The summed E-state index contributed by atoms with van der Waals surface area (Å²) in [5.74, 6) is -6.96. The smallest absolute Gasteiger partial charge is 0.337 e. The number of carbonyl (C=O) groups is 13. The zero-order valence-electron chi connectivity index (χ0n) is 65.5. The number of nitrogens with one attached hydrogen (secondary N) is 6. The second-order valence-electron chi connectivity index (χ2n) is 29.2. The summed E-state index contributed by atoms with van der Waals surface area (Å²) in [6, 6.07) is -4.53. The first-order chi connectivity index (χ1) is 47.7. The van der Waals surface area contributed by atoms with Gasteiger partial charge in [0.25, 0.3) is 11.8 Å². The van der Waals surface area contributed by atoms with Crippen molar-refractivity contribution in [3.05, 3.63) is 35.4 Å². The number of aliphatic hydroxyl groups excluding tert-OH is 1. The summed E-state index contributed by atoms with van der Waals surface area (Å²) in [5.41, 5.74) is 0.657. The number of nitrogens with zero attached hydrogens (tertiary/aromatic N) is 6. The number of rotatable bonds is 46. The van der Waals surface area contributed by atoms with Gasteiger partial charge in [-0.05, 0) is 125 Å². The largest absolute Gasteiger partial charge is 0.465 e. The van der Waals surface area contributed by atoms with Crippen LogP contribution in [0, 0.1) is 35.5 Å². The number of hydrogen-bond donors (Lipinski definition) is 7. The zero-order chi connectivity index (χ0) is 78.0. The maximum absolute atomic E-state index is 15.2. The molecule has 27 nitrogen and oxygen atoms in total. The van der Waals surface area contributed by atoms with Gasteiger partial charge in [-0.2, -0.15) is 11.8 Å². The highest BCUT2D eigenvalue weighted by atomic mass is 32.2. The number of methoxy groups -OCH3 is 1. The fourth-order valence-corrected chi connectivity index (χ4v) is 12.9. The Morgan fingerprint density at radius 3 is 1.55 bits per heavy atom. The van der Waals surface area contributed by atoms with Gasteiger partial charge in [-0.15, -0.1) is 0 Å². The molecule has 0 fully saturated rings. The van der Waals surface area contributed by atoms with Gasteiger partial charge in [0, 0.05) is 80.2 Å². The van der Waals surface area contributed by atoms with Gasteiger partial charge in [-0.1, -0.05) is 121 Å². The van der Waals surface area contributed by atoms with E-state index in [1.165, 1.54) is 106 Å². The number of hydrogen-bond acceptors (Lipinski definition) is 16. The molecule has 0 aliphatic heterocycles.